The lowest BCUT2D eigenvalue weighted by molar-refractivity contribution is 0.0740. The molecule has 3 rings (SSSR count). The fraction of sp³-hybridized carbons (Fsp3) is 0.429. The number of aromatic nitrogens is 2. The van der Waals surface area contributed by atoms with Crippen LogP contribution in [0.4, 0.5) is 5.82 Å². The smallest absolute Gasteiger partial charge is 0.272 e. The molecule has 0 spiro atoms. The van der Waals surface area contributed by atoms with E-state index in [9.17, 15) is 9.59 Å². The van der Waals surface area contributed by atoms with Crippen molar-refractivity contribution in [3.8, 4) is 0 Å². The van der Waals surface area contributed by atoms with Crippen molar-refractivity contribution >= 4 is 17.6 Å². The third kappa shape index (κ3) is 5.74. The van der Waals surface area contributed by atoms with Gasteiger partial charge in [-0.1, -0.05) is 12.1 Å². The predicted octanol–water partition coefficient (Wildman–Crippen LogP) is 1.12. The van der Waals surface area contributed by atoms with E-state index in [-0.39, 0.29) is 17.5 Å². The Kier molecular flexibility index (Phi) is 7.13. The Morgan fingerprint density at radius 1 is 1.03 bits per heavy atom. The molecule has 3 heterocycles. The molecule has 154 valence electrons. The predicted molar refractivity (Wildman–Crippen MR) is 112 cm³/mol. The van der Waals surface area contributed by atoms with E-state index >= 15 is 0 Å². The maximum atomic E-state index is 12.8. The lowest BCUT2D eigenvalue weighted by atomic mass is 10.2. The quantitative estimate of drug-likeness (QED) is 0.707. The monoisotopic (exact) mass is 396 g/mol. The lowest BCUT2D eigenvalue weighted by Crippen LogP contribution is -2.49. The number of hydrogen-bond donors (Lipinski definition) is 1. The van der Waals surface area contributed by atoms with Crippen LogP contribution in [0.2, 0.25) is 0 Å². The fourth-order valence-corrected chi connectivity index (χ4v) is 3.21. The number of carbonyl (C=O) groups excluding carboxylic acids is 2. The lowest BCUT2D eigenvalue weighted by Gasteiger charge is -2.35. The molecular weight excluding hydrogens is 368 g/mol. The summed E-state index contributed by atoms with van der Waals surface area (Å²) in [5.41, 5.74) is 0.574. The van der Waals surface area contributed by atoms with Gasteiger partial charge in [-0.25, -0.2) is 9.97 Å². The normalized spacial score (nSPS) is 14.2. The summed E-state index contributed by atoms with van der Waals surface area (Å²) in [6.07, 6.45) is 2.63. The van der Waals surface area contributed by atoms with Gasteiger partial charge in [-0.2, -0.15) is 0 Å². The van der Waals surface area contributed by atoms with Crippen LogP contribution >= 0.6 is 0 Å². The van der Waals surface area contributed by atoms with Crippen molar-refractivity contribution in [3.63, 3.8) is 0 Å². The SMILES string of the molecule is CN(C)CCCNC(=O)c1cccc(C(=O)N2CCN(c3ccccn3)CC2)n1. The van der Waals surface area contributed by atoms with Crippen molar-refractivity contribution in [2.75, 3.05) is 58.3 Å². The van der Waals surface area contributed by atoms with Crippen LogP contribution in [-0.2, 0) is 0 Å². The average molecular weight is 396 g/mol. The Labute approximate surface area is 171 Å². The van der Waals surface area contributed by atoms with E-state index in [0.717, 1.165) is 31.9 Å². The number of amides is 2. The molecule has 0 atom stereocenters. The van der Waals surface area contributed by atoms with Crippen molar-refractivity contribution in [1.29, 1.82) is 0 Å². The molecule has 8 nitrogen and oxygen atoms in total. The Bertz CT molecular complexity index is 819. The maximum absolute atomic E-state index is 12.8. The van der Waals surface area contributed by atoms with Gasteiger partial charge in [0.1, 0.15) is 17.2 Å². The molecule has 2 amide bonds. The summed E-state index contributed by atoms with van der Waals surface area (Å²) in [6.45, 7) is 4.10. The molecule has 2 aromatic heterocycles. The number of anilines is 1. The van der Waals surface area contributed by atoms with Crippen molar-refractivity contribution in [3.05, 3.63) is 54.0 Å². The first-order valence-electron chi connectivity index (χ1n) is 9.90. The van der Waals surface area contributed by atoms with E-state index < -0.39 is 0 Å². The molecule has 0 bridgehead atoms. The Morgan fingerprint density at radius 2 is 1.79 bits per heavy atom. The zero-order valence-electron chi connectivity index (χ0n) is 17.0. The van der Waals surface area contributed by atoms with E-state index in [1.807, 2.05) is 32.3 Å². The van der Waals surface area contributed by atoms with E-state index in [0.29, 0.717) is 25.3 Å². The number of pyridine rings is 2. The Morgan fingerprint density at radius 3 is 2.48 bits per heavy atom. The number of nitrogens with one attached hydrogen (secondary N) is 1. The molecule has 2 aromatic rings. The number of carbonyl (C=O) groups is 2. The van der Waals surface area contributed by atoms with Gasteiger partial charge in [0.15, 0.2) is 0 Å². The Hall–Kier alpha value is -3.00. The standard InChI is InChI=1S/C21H28N6O2/c1-25(2)12-6-11-23-20(28)17-7-5-8-18(24-17)21(29)27-15-13-26(14-16-27)19-9-3-4-10-22-19/h3-5,7-10H,6,11-16H2,1-2H3,(H,23,28). The van der Waals surface area contributed by atoms with Crippen molar-refractivity contribution in [2.24, 2.45) is 0 Å². The van der Waals surface area contributed by atoms with Gasteiger partial charge in [-0.3, -0.25) is 9.59 Å². The van der Waals surface area contributed by atoms with Gasteiger partial charge in [-0.05, 0) is 51.3 Å². The summed E-state index contributed by atoms with van der Waals surface area (Å²) in [7, 11) is 3.99. The zero-order chi connectivity index (χ0) is 20.6. The summed E-state index contributed by atoms with van der Waals surface area (Å²) in [5.74, 6) is 0.525. The van der Waals surface area contributed by atoms with Crippen LogP contribution in [0.25, 0.3) is 0 Å². The molecule has 1 N–H and O–H groups in total. The molecule has 8 heteroatoms. The second-order valence-corrected chi connectivity index (χ2v) is 7.29. The van der Waals surface area contributed by atoms with E-state index in [4.69, 9.17) is 0 Å². The summed E-state index contributed by atoms with van der Waals surface area (Å²) >= 11 is 0. The van der Waals surface area contributed by atoms with Gasteiger partial charge in [0.25, 0.3) is 11.8 Å². The summed E-state index contributed by atoms with van der Waals surface area (Å²) in [5, 5.41) is 2.86. The first-order chi connectivity index (χ1) is 14.0. The molecular formula is C21H28N6O2. The topological polar surface area (TPSA) is 81.7 Å². The van der Waals surface area contributed by atoms with Crippen LogP contribution in [0.3, 0.4) is 0 Å². The highest BCUT2D eigenvalue weighted by atomic mass is 16.2. The van der Waals surface area contributed by atoms with Gasteiger partial charge in [0.05, 0.1) is 0 Å². The van der Waals surface area contributed by atoms with Crippen LogP contribution < -0.4 is 10.2 Å². The molecule has 0 aliphatic carbocycles. The van der Waals surface area contributed by atoms with Gasteiger partial charge in [0.2, 0.25) is 0 Å². The van der Waals surface area contributed by atoms with Crippen LogP contribution in [0.1, 0.15) is 27.4 Å². The largest absolute Gasteiger partial charge is 0.353 e. The highest BCUT2D eigenvalue weighted by Crippen LogP contribution is 2.14. The van der Waals surface area contributed by atoms with Gasteiger partial charge < -0.3 is 20.0 Å². The molecule has 1 fully saturated rings. The fourth-order valence-electron chi connectivity index (χ4n) is 3.21. The van der Waals surface area contributed by atoms with Gasteiger partial charge in [-0.15, -0.1) is 0 Å². The maximum Gasteiger partial charge on any atom is 0.272 e. The molecule has 0 saturated carbocycles. The minimum atomic E-state index is -0.252. The molecule has 1 saturated heterocycles. The van der Waals surface area contributed by atoms with Crippen LogP contribution in [0, 0.1) is 0 Å². The number of rotatable bonds is 7. The number of hydrogen-bond acceptors (Lipinski definition) is 6. The Balaban J connectivity index is 1.55. The first-order valence-corrected chi connectivity index (χ1v) is 9.90. The average Bonchev–Trinajstić information content (AvgIpc) is 2.77. The van der Waals surface area contributed by atoms with Crippen molar-refractivity contribution in [1.82, 2.24) is 25.1 Å². The van der Waals surface area contributed by atoms with Crippen LogP contribution in [-0.4, -0.2) is 84.9 Å². The minimum Gasteiger partial charge on any atom is -0.353 e. The van der Waals surface area contributed by atoms with Gasteiger partial charge >= 0.3 is 0 Å². The number of nitrogens with zero attached hydrogens (tertiary/aromatic N) is 5. The van der Waals surface area contributed by atoms with E-state index in [1.165, 1.54) is 0 Å². The van der Waals surface area contributed by atoms with Crippen LogP contribution in [0.15, 0.2) is 42.6 Å². The summed E-state index contributed by atoms with van der Waals surface area (Å²) < 4.78 is 0. The summed E-state index contributed by atoms with van der Waals surface area (Å²) in [6, 6.07) is 10.8. The van der Waals surface area contributed by atoms with E-state index in [2.05, 4.69) is 25.1 Å². The highest BCUT2D eigenvalue weighted by molar-refractivity contribution is 5.96. The second kappa shape index (κ2) is 9.97. The van der Waals surface area contributed by atoms with Crippen molar-refractivity contribution in [2.45, 2.75) is 6.42 Å². The first kappa shape index (κ1) is 20.7. The van der Waals surface area contributed by atoms with Crippen molar-refractivity contribution < 1.29 is 9.59 Å². The molecule has 0 unspecified atom stereocenters. The number of piperazine rings is 1. The van der Waals surface area contributed by atoms with Crippen LogP contribution in [0.5, 0.6) is 0 Å². The molecule has 0 aromatic carbocycles. The molecule has 29 heavy (non-hydrogen) atoms. The molecule has 0 radical (unpaired) electrons. The zero-order valence-corrected chi connectivity index (χ0v) is 17.0. The second-order valence-electron chi connectivity index (χ2n) is 7.29. The summed E-state index contributed by atoms with van der Waals surface area (Å²) in [4.78, 5) is 39.8. The minimum absolute atomic E-state index is 0.145. The third-order valence-electron chi connectivity index (χ3n) is 4.81. The third-order valence-corrected chi connectivity index (χ3v) is 4.81. The molecule has 1 aliphatic rings. The molecule has 1 aliphatic heterocycles. The van der Waals surface area contributed by atoms with E-state index in [1.54, 1.807) is 29.3 Å². The van der Waals surface area contributed by atoms with Gasteiger partial charge in [0, 0.05) is 38.9 Å². The highest BCUT2D eigenvalue weighted by Gasteiger charge is 2.24.